The largest absolute Gasteiger partial charge is 0.305 e. The van der Waals surface area contributed by atoms with Gasteiger partial charge in [0.2, 0.25) is 10.6 Å². The number of H-pyrrole nitrogens is 1. The molecule has 0 spiro atoms. The Bertz CT molecular complexity index is 917. The van der Waals surface area contributed by atoms with Crippen molar-refractivity contribution in [1.82, 2.24) is 30.0 Å². The van der Waals surface area contributed by atoms with Gasteiger partial charge in [-0.25, -0.2) is 0 Å². The lowest BCUT2D eigenvalue weighted by Gasteiger charge is -2.17. The Morgan fingerprint density at radius 2 is 1.63 bits per heavy atom. The molecular formula is C19H28N6OS. The van der Waals surface area contributed by atoms with Crippen LogP contribution in [0.25, 0.3) is 16.1 Å². The Morgan fingerprint density at radius 1 is 0.963 bits per heavy atom. The normalized spacial score (nSPS) is 18.5. The Kier molecular flexibility index (Phi) is 6.11. The third-order valence-corrected chi connectivity index (χ3v) is 6.69. The summed E-state index contributed by atoms with van der Waals surface area (Å²) in [6.07, 6.45) is 17.3. The van der Waals surface area contributed by atoms with Gasteiger partial charge in [0.15, 0.2) is 5.52 Å². The number of rotatable bonds is 3. The van der Waals surface area contributed by atoms with Gasteiger partial charge >= 0.3 is 5.56 Å². The van der Waals surface area contributed by atoms with E-state index in [9.17, 15) is 4.79 Å². The average Bonchev–Trinajstić information content (AvgIpc) is 3.28. The number of nitrogens with one attached hydrogen (secondary N) is 1. The summed E-state index contributed by atoms with van der Waals surface area (Å²) in [5.41, 5.74) is 0.385. The minimum Gasteiger partial charge on any atom is -0.265 e. The second kappa shape index (κ2) is 8.91. The highest BCUT2D eigenvalue weighted by molar-refractivity contribution is 7.16. The molecule has 0 saturated heterocycles. The van der Waals surface area contributed by atoms with Gasteiger partial charge in [-0.2, -0.15) is 19.8 Å². The lowest BCUT2D eigenvalue weighted by atomic mass is 9.90. The van der Waals surface area contributed by atoms with Crippen LogP contribution in [0.2, 0.25) is 0 Å². The molecule has 7 nitrogen and oxygen atoms in total. The first-order valence-electron chi connectivity index (χ1n) is 10.4. The monoisotopic (exact) mass is 388 g/mol. The maximum Gasteiger partial charge on any atom is 0.305 e. The molecule has 1 aliphatic carbocycles. The minimum atomic E-state index is -0.239. The van der Waals surface area contributed by atoms with Crippen LogP contribution in [0.5, 0.6) is 0 Å². The van der Waals surface area contributed by atoms with Crippen LogP contribution in [-0.4, -0.2) is 30.0 Å². The van der Waals surface area contributed by atoms with Crippen molar-refractivity contribution in [3.8, 4) is 0 Å². The molecule has 1 N–H and O–H groups in total. The SMILES string of the molecule is O=c1c2n[nH]nc2nc2sc(CCC3CCCCCCCCCCC3)nn12. The van der Waals surface area contributed by atoms with Crippen LogP contribution in [0.1, 0.15) is 82.1 Å². The summed E-state index contributed by atoms with van der Waals surface area (Å²) < 4.78 is 1.38. The molecule has 1 fully saturated rings. The van der Waals surface area contributed by atoms with E-state index < -0.39 is 0 Å². The van der Waals surface area contributed by atoms with Crippen LogP contribution in [0.3, 0.4) is 0 Å². The number of nitrogens with zero attached hydrogens (tertiary/aromatic N) is 5. The fourth-order valence-electron chi connectivity index (χ4n) is 4.13. The fraction of sp³-hybridized carbons (Fsp3) is 0.737. The standard InChI is InChI=1S/C19H28N6OS/c26-18-16-17(22-24-21-16)20-19-25(18)23-15(27-19)13-12-14-10-8-6-4-2-1-3-5-7-9-11-14/h14H,1-13H2,(H,21,22,24). The molecule has 0 amide bonds. The number of aryl methyl sites for hydroxylation is 1. The quantitative estimate of drug-likeness (QED) is 0.723. The highest BCUT2D eigenvalue weighted by atomic mass is 32.1. The second-order valence-corrected chi connectivity index (χ2v) is 8.81. The van der Waals surface area contributed by atoms with E-state index in [-0.39, 0.29) is 11.1 Å². The van der Waals surface area contributed by atoms with E-state index in [0.717, 1.165) is 23.8 Å². The summed E-state index contributed by atoms with van der Waals surface area (Å²) >= 11 is 1.50. The molecule has 27 heavy (non-hydrogen) atoms. The van der Waals surface area contributed by atoms with Gasteiger partial charge < -0.3 is 0 Å². The third kappa shape index (κ3) is 4.54. The number of hydrogen-bond donors (Lipinski definition) is 1. The molecule has 4 rings (SSSR count). The lowest BCUT2D eigenvalue weighted by molar-refractivity contribution is 0.374. The highest BCUT2D eigenvalue weighted by Gasteiger charge is 2.15. The summed E-state index contributed by atoms with van der Waals surface area (Å²) in [4.78, 5) is 17.4. The minimum absolute atomic E-state index is 0.239. The van der Waals surface area contributed by atoms with E-state index in [0.29, 0.717) is 10.6 Å². The Morgan fingerprint density at radius 3 is 2.33 bits per heavy atom. The molecule has 146 valence electrons. The van der Waals surface area contributed by atoms with Gasteiger partial charge in [-0.15, -0.1) is 10.2 Å². The van der Waals surface area contributed by atoms with E-state index in [1.165, 1.54) is 86.5 Å². The van der Waals surface area contributed by atoms with Crippen LogP contribution >= 0.6 is 11.3 Å². The number of hydrogen-bond acceptors (Lipinski definition) is 6. The molecule has 0 atom stereocenters. The van der Waals surface area contributed by atoms with Crippen molar-refractivity contribution in [1.29, 1.82) is 0 Å². The predicted molar refractivity (Wildman–Crippen MR) is 107 cm³/mol. The fourth-order valence-corrected chi connectivity index (χ4v) is 5.02. The first-order chi connectivity index (χ1) is 13.3. The van der Waals surface area contributed by atoms with Crippen LogP contribution in [0.15, 0.2) is 4.79 Å². The van der Waals surface area contributed by atoms with Crippen molar-refractivity contribution in [3.63, 3.8) is 0 Å². The van der Waals surface area contributed by atoms with Crippen LogP contribution in [0.4, 0.5) is 0 Å². The van der Waals surface area contributed by atoms with E-state index >= 15 is 0 Å². The molecule has 0 aliphatic heterocycles. The maximum atomic E-state index is 12.4. The molecule has 0 radical (unpaired) electrons. The average molecular weight is 389 g/mol. The van der Waals surface area contributed by atoms with Gasteiger partial charge in [0.1, 0.15) is 5.01 Å². The summed E-state index contributed by atoms with van der Waals surface area (Å²) in [5, 5.41) is 15.8. The van der Waals surface area contributed by atoms with E-state index in [2.05, 4.69) is 25.5 Å². The van der Waals surface area contributed by atoms with Crippen molar-refractivity contribution in [2.45, 2.75) is 83.5 Å². The van der Waals surface area contributed by atoms with Gasteiger partial charge in [-0.1, -0.05) is 82.0 Å². The molecule has 3 heterocycles. The summed E-state index contributed by atoms with van der Waals surface area (Å²) in [5.74, 6) is 0.778. The first-order valence-corrected chi connectivity index (χ1v) is 11.2. The van der Waals surface area contributed by atoms with Gasteiger partial charge in [-0.05, 0) is 12.3 Å². The summed E-state index contributed by atoms with van der Waals surface area (Å²) in [6, 6.07) is 0. The Balaban J connectivity index is 1.41. The third-order valence-electron chi connectivity index (χ3n) is 5.72. The zero-order valence-corrected chi connectivity index (χ0v) is 16.6. The molecule has 1 saturated carbocycles. The molecule has 0 aromatic carbocycles. The first kappa shape index (κ1) is 18.5. The predicted octanol–water partition coefficient (Wildman–Crippen LogP) is 4.28. The van der Waals surface area contributed by atoms with Crippen molar-refractivity contribution in [2.24, 2.45) is 5.92 Å². The number of fused-ring (bicyclic) bond motifs is 2. The molecular weight excluding hydrogens is 360 g/mol. The number of aromatic nitrogens is 6. The van der Waals surface area contributed by atoms with E-state index in [1.54, 1.807) is 0 Å². The molecule has 1 aliphatic rings. The van der Waals surface area contributed by atoms with Gasteiger partial charge in [0.05, 0.1) is 0 Å². The Labute approximate surface area is 162 Å². The smallest absolute Gasteiger partial charge is 0.265 e. The van der Waals surface area contributed by atoms with Crippen LogP contribution in [-0.2, 0) is 6.42 Å². The van der Waals surface area contributed by atoms with Crippen molar-refractivity contribution < 1.29 is 0 Å². The maximum absolute atomic E-state index is 12.4. The van der Waals surface area contributed by atoms with Crippen molar-refractivity contribution in [2.75, 3.05) is 0 Å². The van der Waals surface area contributed by atoms with Gasteiger partial charge in [0.25, 0.3) is 0 Å². The molecule has 8 heteroatoms. The summed E-state index contributed by atoms with van der Waals surface area (Å²) in [6.45, 7) is 0. The molecule has 0 unspecified atom stereocenters. The molecule has 0 bridgehead atoms. The van der Waals surface area contributed by atoms with E-state index in [1.807, 2.05) is 0 Å². The van der Waals surface area contributed by atoms with Gasteiger partial charge in [-0.3, -0.25) is 4.79 Å². The second-order valence-electron chi connectivity index (χ2n) is 7.77. The van der Waals surface area contributed by atoms with Crippen molar-refractivity contribution in [3.05, 3.63) is 15.4 Å². The molecule has 3 aromatic rings. The van der Waals surface area contributed by atoms with Crippen LogP contribution < -0.4 is 5.56 Å². The molecule has 3 aromatic heterocycles. The topological polar surface area (TPSA) is 88.8 Å². The van der Waals surface area contributed by atoms with E-state index in [4.69, 9.17) is 0 Å². The number of aromatic amines is 1. The zero-order chi connectivity index (χ0) is 18.5. The van der Waals surface area contributed by atoms with Crippen LogP contribution in [0, 0.1) is 5.92 Å². The lowest BCUT2D eigenvalue weighted by Crippen LogP contribution is -2.15. The van der Waals surface area contributed by atoms with Gasteiger partial charge in [0, 0.05) is 6.42 Å². The van der Waals surface area contributed by atoms with Crippen molar-refractivity contribution >= 4 is 27.5 Å². The Hall–Kier alpha value is -1.83. The highest BCUT2D eigenvalue weighted by Crippen LogP contribution is 2.25. The summed E-state index contributed by atoms with van der Waals surface area (Å²) in [7, 11) is 0. The zero-order valence-electron chi connectivity index (χ0n) is 15.8.